The summed E-state index contributed by atoms with van der Waals surface area (Å²) in [5, 5.41) is 0. The van der Waals surface area contributed by atoms with Crippen molar-refractivity contribution in [2.75, 3.05) is 20.1 Å². The van der Waals surface area contributed by atoms with Gasteiger partial charge < -0.3 is 4.90 Å². The number of aliphatic imine (C=N–C) groups is 1. The minimum atomic E-state index is 0.734. The standard InChI is InChI=1S/C21H25N3/c1-15-20-12-19(13-23-21(20)14-22-15)18-5-3-4-17(11-18)10-16-6-8-24(2)9-7-16/h3-5,11-13,16H,6-10,14H2,1-2H3. The average molecular weight is 319 g/mol. The van der Waals surface area contributed by atoms with Crippen molar-refractivity contribution >= 4 is 5.71 Å². The first-order valence-electron chi connectivity index (χ1n) is 8.97. The lowest BCUT2D eigenvalue weighted by Gasteiger charge is -2.29. The average Bonchev–Trinajstić information content (AvgIpc) is 2.98. The van der Waals surface area contributed by atoms with Crippen molar-refractivity contribution in [2.45, 2.75) is 32.7 Å². The molecule has 3 heteroatoms. The lowest BCUT2D eigenvalue weighted by atomic mass is 9.89. The normalized spacial score (nSPS) is 18.5. The molecule has 4 rings (SSSR count). The summed E-state index contributed by atoms with van der Waals surface area (Å²) in [7, 11) is 2.23. The highest BCUT2D eigenvalue weighted by atomic mass is 15.1. The molecule has 0 aliphatic carbocycles. The molecule has 24 heavy (non-hydrogen) atoms. The van der Waals surface area contributed by atoms with E-state index in [2.05, 4.69) is 59.2 Å². The monoisotopic (exact) mass is 319 g/mol. The van der Waals surface area contributed by atoms with Gasteiger partial charge in [-0.3, -0.25) is 9.98 Å². The van der Waals surface area contributed by atoms with Crippen molar-refractivity contribution in [1.29, 1.82) is 0 Å². The lowest BCUT2D eigenvalue weighted by molar-refractivity contribution is 0.219. The number of pyridine rings is 1. The molecule has 0 atom stereocenters. The van der Waals surface area contributed by atoms with E-state index in [0.717, 1.165) is 23.9 Å². The number of fused-ring (bicyclic) bond motifs is 1. The highest BCUT2D eigenvalue weighted by Crippen LogP contribution is 2.27. The molecule has 1 fully saturated rings. The summed E-state index contributed by atoms with van der Waals surface area (Å²) in [6.45, 7) is 5.28. The second kappa shape index (κ2) is 6.48. The van der Waals surface area contributed by atoms with Gasteiger partial charge in [-0.1, -0.05) is 24.3 Å². The first-order valence-corrected chi connectivity index (χ1v) is 8.97. The van der Waals surface area contributed by atoms with Crippen LogP contribution in [0.1, 0.15) is 36.6 Å². The quantitative estimate of drug-likeness (QED) is 0.857. The van der Waals surface area contributed by atoms with Crippen LogP contribution in [0, 0.1) is 5.92 Å². The molecule has 0 amide bonds. The van der Waals surface area contributed by atoms with E-state index < -0.39 is 0 Å². The summed E-state index contributed by atoms with van der Waals surface area (Å²) in [5.74, 6) is 0.823. The van der Waals surface area contributed by atoms with Crippen molar-refractivity contribution in [3.8, 4) is 11.1 Å². The molecule has 0 spiro atoms. The van der Waals surface area contributed by atoms with Crippen molar-refractivity contribution in [3.05, 3.63) is 53.3 Å². The Morgan fingerprint density at radius 2 is 1.96 bits per heavy atom. The molecule has 2 aliphatic heterocycles. The van der Waals surface area contributed by atoms with Crippen LogP contribution in [-0.2, 0) is 13.0 Å². The number of hydrogen-bond donors (Lipinski definition) is 0. The number of benzene rings is 1. The van der Waals surface area contributed by atoms with Crippen molar-refractivity contribution < 1.29 is 0 Å². The smallest absolute Gasteiger partial charge is 0.0821 e. The highest BCUT2D eigenvalue weighted by molar-refractivity contribution is 6.02. The summed E-state index contributed by atoms with van der Waals surface area (Å²) >= 11 is 0. The summed E-state index contributed by atoms with van der Waals surface area (Å²) in [6, 6.07) is 11.3. The molecular formula is C21H25N3. The largest absolute Gasteiger partial charge is 0.306 e. The van der Waals surface area contributed by atoms with Crippen LogP contribution in [0.3, 0.4) is 0 Å². The second-order valence-electron chi connectivity index (χ2n) is 7.27. The molecule has 3 nitrogen and oxygen atoms in total. The SMILES string of the molecule is CC1=NCc2ncc(-c3cccc(CC4CCN(C)CC4)c3)cc21. The summed E-state index contributed by atoms with van der Waals surface area (Å²) in [4.78, 5) is 11.5. The highest BCUT2D eigenvalue weighted by Gasteiger charge is 2.18. The lowest BCUT2D eigenvalue weighted by Crippen LogP contribution is -2.30. The Hall–Kier alpha value is -2.00. The van der Waals surface area contributed by atoms with Crippen LogP contribution < -0.4 is 0 Å². The molecule has 1 saturated heterocycles. The molecule has 0 unspecified atom stereocenters. The molecule has 0 bridgehead atoms. The predicted molar refractivity (Wildman–Crippen MR) is 99.5 cm³/mol. The number of piperidine rings is 1. The maximum Gasteiger partial charge on any atom is 0.0821 e. The van der Waals surface area contributed by atoms with Crippen LogP contribution in [-0.4, -0.2) is 35.7 Å². The first kappa shape index (κ1) is 15.5. The zero-order chi connectivity index (χ0) is 16.5. The number of nitrogens with zero attached hydrogens (tertiary/aromatic N) is 3. The van der Waals surface area contributed by atoms with Gasteiger partial charge in [0.2, 0.25) is 0 Å². The van der Waals surface area contributed by atoms with Gasteiger partial charge in [-0.25, -0.2) is 0 Å². The van der Waals surface area contributed by atoms with Crippen LogP contribution in [0.5, 0.6) is 0 Å². The predicted octanol–water partition coefficient (Wildman–Crippen LogP) is 3.96. The molecule has 3 heterocycles. The van der Waals surface area contributed by atoms with Gasteiger partial charge in [0.15, 0.2) is 0 Å². The van der Waals surface area contributed by atoms with Gasteiger partial charge in [-0.15, -0.1) is 0 Å². The van der Waals surface area contributed by atoms with Gasteiger partial charge in [-0.2, -0.15) is 0 Å². The van der Waals surface area contributed by atoms with E-state index in [1.807, 2.05) is 6.20 Å². The third kappa shape index (κ3) is 3.13. The number of aromatic nitrogens is 1. The zero-order valence-electron chi connectivity index (χ0n) is 14.6. The molecule has 2 aliphatic rings. The van der Waals surface area contributed by atoms with Crippen LogP contribution >= 0.6 is 0 Å². The summed E-state index contributed by atoms with van der Waals surface area (Å²) in [5.41, 5.74) is 7.37. The van der Waals surface area contributed by atoms with Gasteiger partial charge in [0.1, 0.15) is 0 Å². The zero-order valence-corrected chi connectivity index (χ0v) is 14.6. The minimum absolute atomic E-state index is 0.734. The third-order valence-electron chi connectivity index (χ3n) is 5.45. The molecule has 0 N–H and O–H groups in total. The van der Waals surface area contributed by atoms with Crippen LogP contribution in [0.4, 0.5) is 0 Å². The van der Waals surface area contributed by atoms with Gasteiger partial charge in [0.25, 0.3) is 0 Å². The van der Waals surface area contributed by atoms with E-state index in [1.165, 1.54) is 54.6 Å². The fourth-order valence-electron chi connectivity index (χ4n) is 3.85. The van der Waals surface area contributed by atoms with E-state index in [4.69, 9.17) is 0 Å². The fourth-order valence-corrected chi connectivity index (χ4v) is 3.85. The maximum absolute atomic E-state index is 4.62. The van der Waals surface area contributed by atoms with Crippen molar-refractivity contribution in [3.63, 3.8) is 0 Å². The van der Waals surface area contributed by atoms with Gasteiger partial charge in [0, 0.05) is 23.0 Å². The van der Waals surface area contributed by atoms with Crippen molar-refractivity contribution in [1.82, 2.24) is 9.88 Å². The molecule has 0 radical (unpaired) electrons. The fraction of sp³-hybridized carbons (Fsp3) is 0.429. The van der Waals surface area contributed by atoms with E-state index >= 15 is 0 Å². The Kier molecular flexibility index (Phi) is 4.19. The second-order valence-corrected chi connectivity index (χ2v) is 7.27. The van der Waals surface area contributed by atoms with Crippen LogP contribution in [0.2, 0.25) is 0 Å². The van der Waals surface area contributed by atoms with E-state index in [0.29, 0.717) is 0 Å². The Labute approximate surface area is 144 Å². The Morgan fingerprint density at radius 3 is 2.79 bits per heavy atom. The third-order valence-corrected chi connectivity index (χ3v) is 5.45. The first-order chi connectivity index (χ1) is 11.7. The van der Waals surface area contributed by atoms with Crippen molar-refractivity contribution in [2.24, 2.45) is 10.9 Å². The molecule has 2 aromatic rings. The Balaban J connectivity index is 1.55. The number of rotatable bonds is 3. The molecule has 1 aromatic heterocycles. The Bertz CT molecular complexity index is 770. The van der Waals surface area contributed by atoms with E-state index in [1.54, 1.807) is 0 Å². The molecule has 0 saturated carbocycles. The van der Waals surface area contributed by atoms with Gasteiger partial charge in [0.05, 0.1) is 12.2 Å². The topological polar surface area (TPSA) is 28.5 Å². The summed E-state index contributed by atoms with van der Waals surface area (Å²) in [6.07, 6.45) is 5.83. The van der Waals surface area contributed by atoms with Gasteiger partial charge in [-0.05, 0) is 69.4 Å². The molecule has 124 valence electrons. The molecular weight excluding hydrogens is 294 g/mol. The van der Waals surface area contributed by atoms with E-state index in [9.17, 15) is 0 Å². The number of hydrogen-bond acceptors (Lipinski definition) is 3. The molecule has 1 aromatic carbocycles. The van der Waals surface area contributed by atoms with Crippen LogP contribution in [0.25, 0.3) is 11.1 Å². The van der Waals surface area contributed by atoms with Crippen LogP contribution in [0.15, 0.2) is 41.5 Å². The maximum atomic E-state index is 4.62. The summed E-state index contributed by atoms with van der Waals surface area (Å²) < 4.78 is 0. The van der Waals surface area contributed by atoms with Gasteiger partial charge >= 0.3 is 0 Å². The van der Waals surface area contributed by atoms with E-state index in [-0.39, 0.29) is 0 Å². The Morgan fingerprint density at radius 1 is 1.12 bits per heavy atom. The number of likely N-dealkylation sites (tertiary alicyclic amines) is 1. The minimum Gasteiger partial charge on any atom is -0.306 e.